The number of benzene rings is 2. The summed E-state index contributed by atoms with van der Waals surface area (Å²) in [4.78, 5) is 17.2. The van der Waals surface area contributed by atoms with E-state index in [4.69, 9.17) is 4.74 Å². The van der Waals surface area contributed by atoms with Crippen LogP contribution in [-0.4, -0.2) is 52.8 Å². The van der Waals surface area contributed by atoms with Crippen LogP contribution in [0.25, 0.3) is 0 Å². The maximum Gasteiger partial charge on any atom is 0.410 e. The molecule has 2 heterocycles. The average Bonchev–Trinajstić information content (AvgIpc) is 2.76. The van der Waals surface area contributed by atoms with Crippen molar-refractivity contribution in [1.82, 2.24) is 9.80 Å². The number of hydrogen-bond acceptors (Lipinski definition) is 4. The normalized spacial score (nSPS) is 21.5. The predicted molar refractivity (Wildman–Crippen MR) is 127 cm³/mol. The highest BCUT2D eigenvalue weighted by atomic mass is 16.6. The van der Waals surface area contributed by atoms with Crippen LogP contribution in [0.3, 0.4) is 0 Å². The smallest absolute Gasteiger partial charge is 0.410 e. The molecule has 0 bridgehead atoms. The Bertz CT molecular complexity index is 914. The van der Waals surface area contributed by atoms with Crippen LogP contribution in [-0.2, 0) is 11.3 Å². The van der Waals surface area contributed by atoms with Gasteiger partial charge in [-0.05, 0) is 75.7 Å². The summed E-state index contributed by atoms with van der Waals surface area (Å²) in [5.41, 5.74) is 1.88. The molecule has 2 aromatic carbocycles. The lowest BCUT2D eigenvalue weighted by molar-refractivity contribution is -0.0144. The molecule has 1 spiro atoms. The fourth-order valence-corrected chi connectivity index (χ4v) is 5.34. The molecule has 0 saturated carbocycles. The van der Waals surface area contributed by atoms with Crippen molar-refractivity contribution < 1.29 is 14.6 Å². The van der Waals surface area contributed by atoms with Gasteiger partial charge in [0.15, 0.2) is 0 Å². The zero-order chi connectivity index (χ0) is 22.8. The van der Waals surface area contributed by atoms with Crippen molar-refractivity contribution in [1.29, 1.82) is 0 Å². The summed E-state index contributed by atoms with van der Waals surface area (Å²) in [7, 11) is 0. The van der Waals surface area contributed by atoms with Gasteiger partial charge in [0.25, 0.3) is 0 Å². The molecular weight excluding hydrogens is 400 g/mol. The monoisotopic (exact) mass is 436 g/mol. The van der Waals surface area contributed by atoms with E-state index in [1.54, 1.807) is 6.07 Å². The van der Waals surface area contributed by atoms with Gasteiger partial charge in [0.1, 0.15) is 11.4 Å². The molecule has 2 saturated heterocycles. The maximum absolute atomic E-state index is 12.8. The molecule has 2 aromatic rings. The highest BCUT2D eigenvalue weighted by Crippen LogP contribution is 2.51. The zero-order valence-electron chi connectivity index (χ0n) is 19.6. The Balaban J connectivity index is 1.52. The summed E-state index contributed by atoms with van der Waals surface area (Å²) in [6, 6.07) is 18.3. The first kappa shape index (κ1) is 22.7. The van der Waals surface area contributed by atoms with Crippen LogP contribution in [0.5, 0.6) is 5.75 Å². The molecule has 172 valence electrons. The number of phenolic OH excluding ortho intramolecular Hbond substituents is 1. The summed E-state index contributed by atoms with van der Waals surface area (Å²) >= 11 is 0. The van der Waals surface area contributed by atoms with Gasteiger partial charge >= 0.3 is 6.09 Å². The van der Waals surface area contributed by atoms with E-state index in [0.29, 0.717) is 18.8 Å². The van der Waals surface area contributed by atoms with Crippen LogP contribution >= 0.6 is 0 Å². The van der Waals surface area contributed by atoms with Gasteiger partial charge in [-0.2, -0.15) is 0 Å². The van der Waals surface area contributed by atoms with Crippen molar-refractivity contribution in [2.24, 2.45) is 5.41 Å². The molecule has 2 aliphatic heterocycles. The minimum atomic E-state index is -0.515. The van der Waals surface area contributed by atoms with Crippen molar-refractivity contribution in [3.63, 3.8) is 0 Å². The quantitative estimate of drug-likeness (QED) is 0.700. The van der Waals surface area contributed by atoms with E-state index in [1.165, 1.54) is 5.56 Å². The molecule has 5 heteroatoms. The van der Waals surface area contributed by atoms with Crippen molar-refractivity contribution in [3.8, 4) is 5.75 Å². The lowest BCUT2D eigenvalue weighted by Crippen LogP contribution is -2.53. The molecule has 4 rings (SSSR count). The van der Waals surface area contributed by atoms with Crippen LogP contribution < -0.4 is 0 Å². The maximum atomic E-state index is 12.8. The van der Waals surface area contributed by atoms with Crippen LogP contribution in [0.1, 0.15) is 57.1 Å². The number of phenols is 1. The Kier molecular flexibility index (Phi) is 6.47. The highest BCUT2D eigenvalue weighted by Gasteiger charge is 2.47. The lowest BCUT2D eigenvalue weighted by atomic mass is 9.62. The van der Waals surface area contributed by atoms with Crippen molar-refractivity contribution in [2.45, 2.75) is 58.1 Å². The third-order valence-electron chi connectivity index (χ3n) is 7.09. The van der Waals surface area contributed by atoms with Gasteiger partial charge in [-0.15, -0.1) is 0 Å². The molecule has 0 radical (unpaired) electrons. The zero-order valence-corrected chi connectivity index (χ0v) is 19.6. The molecule has 32 heavy (non-hydrogen) atoms. The highest BCUT2D eigenvalue weighted by molar-refractivity contribution is 5.68. The van der Waals surface area contributed by atoms with Gasteiger partial charge in [-0.3, -0.25) is 4.90 Å². The SMILES string of the molecule is CC(C)(C)OC(=O)N1CCC2(CCN(Cc3ccccc3)CC2)C(c2ccccc2O)C1. The number of hydrogen-bond donors (Lipinski definition) is 1. The van der Waals surface area contributed by atoms with E-state index >= 15 is 0 Å². The molecule has 0 aromatic heterocycles. The third kappa shape index (κ3) is 5.09. The molecule has 1 N–H and O–H groups in total. The fraction of sp³-hybridized carbons (Fsp3) is 0.519. The molecule has 1 amide bonds. The van der Waals surface area contributed by atoms with Crippen molar-refractivity contribution >= 4 is 6.09 Å². The molecule has 1 atom stereocenters. The lowest BCUT2D eigenvalue weighted by Gasteiger charge is -2.52. The molecule has 5 nitrogen and oxygen atoms in total. The van der Waals surface area contributed by atoms with Gasteiger partial charge < -0.3 is 14.7 Å². The number of ether oxygens (including phenoxy) is 1. The van der Waals surface area contributed by atoms with Crippen molar-refractivity contribution in [3.05, 3.63) is 65.7 Å². The number of aromatic hydroxyl groups is 1. The molecule has 2 aliphatic rings. The number of para-hydroxylation sites is 1. The first-order chi connectivity index (χ1) is 15.3. The second kappa shape index (κ2) is 9.14. The molecule has 1 unspecified atom stereocenters. The number of carbonyl (C=O) groups is 1. The molecule has 0 aliphatic carbocycles. The number of rotatable bonds is 3. The fourth-order valence-electron chi connectivity index (χ4n) is 5.34. The van der Waals surface area contributed by atoms with E-state index in [1.807, 2.05) is 43.9 Å². The van der Waals surface area contributed by atoms with Crippen LogP contribution in [0, 0.1) is 5.41 Å². The van der Waals surface area contributed by atoms with Crippen LogP contribution in [0.4, 0.5) is 4.79 Å². The molecular formula is C27H36N2O3. The summed E-state index contributed by atoms with van der Waals surface area (Å²) < 4.78 is 5.67. The van der Waals surface area contributed by atoms with Crippen LogP contribution in [0.15, 0.2) is 54.6 Å². The van der Waals surface area contributed by atoms with Gasteiger partial charge in [0.2, 0.25) is 0 Å². The minimum absolute atomic E-state index is 0.0878. The predicted octanol–water partition coefficient (Wildman–Crippen LogP) is 5.40. The van der Waals surface area contributed by atoms with Gasteiger partial charge in [0, 0.05) is 25.6 Å². The van der Waals surface area contributed by atoms with E-state index in [9.17, 15) is 9.90 Å². The summed E-state index contributed by atoms with van der Waals surface area (Å²) in [5.74, 6) is 0.429. The third-order valence-corrected chi connectivity index (χ3v) is 7.09. The van der Waals surface area contributed by atoms with E-state index < -0.39 is 5.60 Å². The van der Waals surface area contributed by atoms with Crippen molar-refractivity contribution in [2.75, 3.05) is 26.2 Å². The molecule has 2 fully saturated rings. The second-order valence-corrected chi connectivity index (χ2v) is 10.4. The Morgan fingerprint density at radius 1 is 1.00 bits per heavy atom. The Labute approximate surface area is 192 Å². The van der Waals surface area contributed by atoms with E-state index in [-0.39, 0.29) is 17.4 Å². The Morgan fingerprint density at radius 2 is 1.62 bits per heavy atom. The number of likely N-dealkylation sites (tertiary alicyclic amines) is 2. The number of nitrogens with zero attached hydrogens (tertiary/aromatic N) is 2. The van der Waals surface area contributed by atoms with Crippen LogP contribution in [0.2, 0.25) is 0 Å². The topological polar surface area (TPSA) is 53.0 Å². The number of piperidine rings is 2. The van der Waals surface area contributed by atoms with Gasteiger partial charge in [-0.1, -0.05) is 48.5 Å². The van der Waals surface area contributed by atoms with E-state index in [2.05, 4.69) is 35.2 Å². The summed E-state index contributed by atoms with van der Waals surface area (Å²) in [6.45, 7) is 10.0. The number of amides is 1. The second-order valence-electron chi connectivity index (χ2n) is 10.4. The first-order valence-corrected chi connectivity index (χ1v) is 11.8. The number of carbonyl (C=O) groups excluding carboxylic acids is 1. The Morgan fingerprint density at radius 3 is 2.28 bits per heavy atom. The largest absolute Gasteiger partial charge is 0.508 e. The van der Waals surface area contributed by atoms with E-state index in [0.717, 1.165) is 44.5 Å². The first-order valence-electron chi connectivity index (χ1n) is 11.8. The summed E-state index contributed by atoms with van der Waals surface area (Å²) in [6.07, 6.45) is 2.82. The summed E-state index contributed by atoms with van der Waals surface area (Å²) in [5, 5.41) is 10.7. The standard InChI is InChI=1S/C27H36N2O3/c1-26(2,3)32-25(31)29-18-15-27(23(20-29)22-11-7-8-12-24(22)30)13-16-28(17-14-27)19-21-9-5-4-6-10-21/h4-12,23,30H,13-20H2,1-3H3. The average molecular weight is 437 g/mol. The van der Waals surface area contributed by atoms with Gasteiger partial charge in [0.05, 0.1) is 0 Å². The minimum Gasteiger partial charge on any atom is -0.508 e. The van der Waals surface area contributed by atoms with Gasteiger partial charge in [-0.25, -0.2) is 4.79 Å². The Hall–Kier alpha value is -2.53.